The van der Waals surface area contributed by atoms with Crippen molar-refractivity contribution in [1.29, 1.82) is 0 Å². The summed E-state index contributed by atoms with van der Waals surface area (Å²) in [6.07, 6.45) is -0.510. The number of hydrogen-bond acceptors (Lipinski definition) is 5. The van der Waals surface area contributed by atoms with E-state index in [0.29, 0.717) is 11.4 Å². The maximum atomic E-state index is 13.6. The van der Waals surface area contributed by atoms with Crippen molar-refractivity contribution in [2.24, 2.45) is 5.10 Å². The molecule has 0 aliphatic carbocycles. The lowest BCUT2D eigenvalue weighted by Gasteiger charge is -2.33. The van der Waals surface area contributed by atoms with Crippen LogP contribution in [0.15, 0.2) is 82.4 Å². The molecule has 1 aliphatic heterocycles. The van der Waals surface area contributed by atoms with Crippen LogP contribution in [0.5, 0.6) is 5.75 Å². The van der Waals surface area contributed by atoms with Crippen molar-refractivity contribution in [2.45, 2.75) is 13.1 Å². The number of rotatable bonds is 5. The number of Topliss-reactive ketones (excluding diaryl/α,β-unsaturated/α-hetero) is 1. The molecule has 30 heavy (non-hydrogen) atoms. The smallest absolute Gasteiger partial charge is 0.198 e. The van der Waals surface area contributed by atoms with Crippen LogP contribution in [-0.4, -0.2) is 18.7 Å². The van der Waals surface area contributed by atoms with E-state index in [1.54, 1.807) is 29.2 Å². The summed E-state index contributed by atoms with van der Waals surface area (Å²) in [4.78, 5) is 14.4. The van der Waals surface area contributed by atoms with Crippen LogP contribution in [0.3, 0.4) is 0 Å². The lowest BCUT2D eigenvalue weighted by Crippen LogP contribution is -2.38. The zero-order valence-corrected chi connectivity index (χ0v) is 18.0. The molecule has 0 saturated heterocycles. The van der Waals surface area contributed by atoms with Gasteiger partial charge in [-0.15, -0.1) is 5.10 Å². The average molecular weight is 468 g/mol. The molecule has 1 aliphatic rings. The summed E-state index contributed by atoms with van der Waals surface area (Å²) in [5.74, 6) is 0.362. The maximum absolute atomic E-state index is 13.6. The Bertz CT molecular complexity index is 1100. The quantitative estimate of drug-likeness (QED) is 0.495. The molecule has 4 rings (SSSR count). The van der Waals surface area contributed by atoms with E-state index in [2.05, 4.69) is 21.0 Å². The molecule has 0 amide bonds. The predicted molar refractivity (Wildman–Crippen MR) is 119 cm³/mol. The third kappa shape index (κ3) is 3.68. The molecular weight excluding hydrogens is 449 g/mol. The number of nitrogens with zero attached hydrogens (tertiary/aromatic N) is 3. The van der Waals surface area contributed by atoms with Crippen molar-refractivity contribution in [3.63, 3.8) is 0 Å². The van der Waals surface area contributed by atoms with Gasteiger partial charge >= 0.3 is 0 Å². The number of hydrazone groups is 1. The molecule has 7 heteroatoms. The van der Waals surface area contributed by atoms with Crippen molar-refractivity contribution in [3.8, 4) is 5.75 Å². The Labute approximate surface area is 182 Å². The van der Waals surface area contributed by atoms with Crippen molar-refractivity contribution in [1.82, 2.24) is 0 Å². The maximum Gasteiger partial charge on any atom is 0.198 e. The molecule has 5 nitrogen and oxygen atoms in total. The molecule has 0 radical (unpaired) electrons. The number of carbonyl (C=O) groups is 1. The molecule has 152 valence electrons. The third-order valence-corrected chi connectivity index (χ3v) is 5.31. The fraction of sp³-hybridized carbons (Fsp3) is 0.130. The molecule has 1 atom stereocenters. The van der Waals surface area contributed by atoms with Crippen LogP contribution in [0.25, 0.3) is 0 Å². The summed E-state index contributed by atoms with van der Waals surface area (Å²) in [7, 11) is 1.60. The summed E-state index contributed by atoms with van der Waals surface area (Å²) in [6, 6.07) is 21.3. The fourth-order valence-corrected chi connectivity index (χ4v) is 3.87. The largest absolute Gasteiger partial charge is 0.496 e. The molecule has 1 unspecified atom stereocenters. The summed E-state index contributed by atoms with van der Waals surface area (Å²) in [5, 5.41) is 6.44. The van der Waals surface area contributed by atoms with Gasteiger partial charge in [0, 0.05) is 22.6 Å². The zero-order chi connectivity index (χ0) is 21.3. The minimum Gasteiger partial charge on any atom is -0.496 e. The van der Waals surface area contributed by atoms with Crippen LogP contribution in [0.1, 0.15) is 18.7 Å². The minimum absolute atomic E-state index is 0.197. The Morgan fingerprint density at radius 3 is 2.37 bits per heavy atom. The van der Waals surface area contributed by atoms with Crippen molar-refractivity contribution in [2.75, 3.05) is 17.0 Å². The van der Waals surface area contributed by atoms with Crippen LogP contribution < -0.4 is 14.6 Å². The number of anilines is 2. The molecule has 0 aromatic heterocycles. The first kappa shape index (κ1) is 20.1. The van der Waals surface area contributed by atoms with Crippen molar-refractivity contribution >= 4 is 38.9 Å². The van der Waals surface area contributed by atoms with Gasteiger partial charge in [0.25, 0.3) is 0 Å². The van der Waals surface area contributed by atoms with Crippen LogP contribution >= 0.6 is 15.9 Å². The SMILES string of the molecule is COc1ccc(Br)cc1C1N(c2ccccc2)N=C(C(C)=O)N1c1ccc(F)cc1. The number of halogens is 2. The number of ether oxygens (including phenoxy) is 1. The Morgan fingerprint density at radius 1 is 1.03 bits per heavy atom. The molecule has 1 heterocycles. The van der Waals surface area contributed by atoms with E-state index in [-0.39, 0.29) is 17.4 Å². The molecule has 0 fully saturated rings. The number of methoxy groups -OCH3 is 1. The Balaban J connectivity index is 1.95. The summed E-state index contributed by atoms with van der Waals surface area (Å²) in [6.45, 7) is 1.47. The van der Waals surface area contributed by atoms with Gasteiger partial charge in [-0.3, -0.25) is 9.69 Å². The molecule has 3 aromatic carbocycles. The van der Waals surface area contributed by atoms with Gasteiger partial charge in [0.05, 0.1) is 12.8 Å². The van der Waals surface area contributed by atoms with E-state index >= 15 is 0 Å². The van der Waals surface area contributed by atoms with Gasteiger partial charge in [-0.1, -0.05) is 34.1 Å². The molecule has 0 N–H and O–H groups in total. The van der Waals surface area contributed by atoms with Gasteiger partial charge < -0.3 is 4.74 Å². The number of carbonyl (C=O) groups excluding carboxylic acids is 1. The van der Waals surface area contributed by atoms with Crippen LogP contribution in [0.4, 0.5) is 15.8 Å². The summed E-state index contributed by atoms with van der Waals surface area (Å²) in [5.41, 5.74) is 2.27. The first-order chi connectivity index (χ1) is 14.5. The second-order valence-corrected chi connectivity index (χ2v) is 7.68. The molecule has 0 saturated carbocycles. The highest BCUT2D eigenvalue weighted by Gasteiger charge is 2.40. The van der Waals surface area contributed by atoms with Crippen molar-refractivity contribution < 1.29 is 13.9 Å². The Hall–Kier alpha value is -3.19. The molecular formula is C23H19BrFN3O2. The fourth-order valence-electron chi connectivity index (χ4n) is 3.49. The normalized spacial score (nSPS) is 15.9. The molecule has 0 bridgehead atoms. The second kappa shape index (κ2) is 8.28. The van der Waals surface area contributed by atoms with E-state index in [0.717, 1.165) is 15.7 Å². The van der Waals surface area contributed by atoms with E-state index in [9.17, 15) is 9.18 Å². The highest BCUT2D eigenvalue weighted by molar-refractivity contribution is 9.10. The number of hydrogen-bond donors (Lipinski definition) is 0. The first-order valence-electron chi connectivity index (χ1n) is 9.31. The van der Waals surface area contributed by atoms with Gasteiger partial charge in [0.1, 0.15) is 11.6 Å². The molecule has 3 aromatic rings. The van der Waals surface area contributed by atoms with Crippen LogP contribution in [0, 0.1) is 5.82 Å². The van der Waals surface area contributed by atoms with Gasteiger partial charge in [0.2, 0.25) is 0 Å². The predicted octanol–water partition coefficient (Wildman–Crippen LogP) is 5.52. The topological polar surface area (TPSA) is 45.1 Å². The van der Waals surface area contributed by atoms with E-state index < -0.39 is 6.17 Å². The Morgan fingerprint density at radius 2 is 1.73 bits per heavy atom. The van der Waals surface area contributed by atoms with E-state index in [4.69, 9.17) is 4.74 Å². The Kier molecular flexibility index (Phi) is 5.55. The zero-order valence-electron chi connectivity index (χ0n) is 16.4. The van der Waals surface area contributed by atoms with Gasteiger partial charge in [0.15, 0.2) is 17.8 Å². The van der Waals surface area contributed by atoms with Crippen LogP contribution in [0.2, 0.25) is 0 Å². The van der Waals surface area contributed by atoms with E-state index in [1.165, 1.54) is 19.1 Å². The minimum atomic E-state index is -0.510. The lowest BCUT2D eigenvalue weighted by molar-refractivity contribution is -0.111. The third-order valence-electron chi connectivity index (χ3n) is 4.82. The highest BCUT2D eigenvalue weighted by Crippen LogP contribution is 2.42. The summed E-state index contributed by atoms with van der Waals surface area (Å²) >= 11 is 3.53. The summed E-state index contributed by atoms with van der Waals surface area (Å²) < 4.78 is 20.1. The average Bonchev–Trinajstić information content (AvgIpc) is 3.15. The standard InChI is InChI=1S/C23H19BrFN3O2/c1-15(29)22-26-28(19-6-4-3-5-7-19)23(20-14-16(24)8-13-21(20)30-2)27(22)18-11-9-17(25)10-12-18/h3-14,23H,1-2H3. The number of benzene rings is 3. The number of amidine groups is 1. The molecule has 0 spiro atoms. The van der Waals surface area contributed by atoms with Crippen molar-refractivity contribution in [3.05, 3.63) is 88.6 Å². The second-order valence-electron chi connectivity index (χ2n) is 6.77. The lowest BCUT2D eigenvalue weighted by atomic mass is 10.1. The van der Waals surface area contributed by atoms with E-state index in [1.807, 2.05) is 48.5 Å². The number of para-hydroxylation sites is 1. The monoisotopic (exact) mass is 467 g/mol. The first-order valence-corrected chi connectivity index (χ1v) is 10.1. The van der Waals surface area contributed by atoms with Gasteiger partial charge in [-0.25, -0.2) is 9.40 Å². The number of ketones is 1. The van der Waals surface area contributed by atoms with Crippen LogP contribution in [-0.2, 0) is 4.79 Å². The van der Waals surface area contributed by atoms with Gasteiger partial charge in [-0.2, -0.15) is 0 Å². The highest BCUT2D eigenvalue weighted by atomic mass is 79.9. The van der Waals surface area contributed by atoms with Gasteiger partial charge in [-0.05, 0) is 54.6 Å².